The smallest absolute Gasteiger partial charge is 0.0795 e. The summed E-state index contributed by atoms with van der Waals surface area (Å²) in [6.45, 7) is 6.91. The second kappa shape index (κ2) is 5.05. The summed E-state index contributed by atoms with van der Waals surface area (Å²) in [6, 6.07) is 9.08. The molecular weight excluding hydrogens is 196 g/mol. The molecule has 0 amide bonds. The zero-order valence-corrected chi connectivity index (χ0v) is 9.96. The van der Waals surface area contributed by atoms with E-state index in [1.807, 2.05) is 6.92 Å². The zero-order valence-electron chi connectivity index (χ0n) is 9.96. The van der Waals surface area contributed by atoms with E-state index in [-0.39, 0.29) is 0 Å². The highest BCUT2D eigenvalue weighted by molar-refractivity contribution is 5.55. The van der Waals surface area contributed by atoms with E-state index in [2.05, 4.69) is 53.2 Å². The van der Waals surface area contributed by atoms with Crippen molar-refractivity contribution in [2.45, 2.75) is 26.4 Å². The van der Waals surface area contributed by atoms with Gasteiger partial charge < -0.3 is 10.2 Å². The van der Waals surface area contributed by atoms with Gasteiger partial charge in [-0.2, -0.15) is 0 Å². The summed E-state index contributed by atoms with van der Waals surface area (Å²) in [6.07, 6.45) is 0. The monoisotopic (exact) mass is 214 g/mol. The van der Waals surface area contributed by atoms with Crippen molar-refractivity contribution in [2.24, 2.45) is 0 Å². The number of hydrogen-bond donors (Lipinski definition) is 1. The molecule has 0 aliphatic carbocycles. The molecule has 2 rings (SSSR count). The molecule has 2 heteroatoms. The number of rotatable bonds is 1. The summed E-state index contributed by atoms with van der Waals surface area (Å²) in [5, 5.41) is 3.52. The van der Waals surface area contributed by atoms with Crippen molar-refractivity contribution in [2.75, 3.05) is 18.0 Å². The van der Waals surface area contributed by atoms with Crippen molar-refractivity contribution in [3.8, 4) is 11.8 Å². The Morgan fingerprint density at radius 1 is 1.44 bits per heavy atom. The predicted molar refractivity (Wildman–Crippen MR) is 68.4 cm³/mol. The molecule has 84 valence electrons. The molecule has 1 unspecified atom stereocenters. The Kier molecular flexibility index (Phi) is 3.48. The van der Waals surface area contributed by atoms with Crippen LogP contribution in [0, 0.1) is 11.8 Å². The first kappa shape index (κ1) is 11.0. The molecule has 0 saturated carbocycles. The molecule has 1 aromatic carbocycles. The minimum Gasteiger partial charge on any atom is -0.359 e. The molecule has 1 atom stereocenters. The topological polar surface area (TPSA) is 15.3 Å². The third kappa shape index (κ3) is 2.37. The lowest BCUT2D eigenvalue weighted by Gasteiger charge is -2.24. The van der Waals surface area contributed by atoms with Crippen LogP contribution < -0.4 is 10.2 Å². The van der Waals surface area contributed by atoms with Gasteiger partial charge in [-0.15, -0.1) is 5.92 Å². The normalized spacial score (nSPS) is 19.4. The minimum atomic E-state index is 0.506. The number of hydrogen-bond acceptors (Lipinski definition) is 2. The van der Waals surface area contributed by atoms with Gasteiger partial charge >= 0.3 is 0 Å². The maximum Gasteiger partial charge on any atom is 0.0795 e. The SMILES string of the molecule is CC#CCN1CC(C)NCc2ccccc21. The van der Waals surface area contributed by atoms with Gasteiger partial charge in [0.1, 0.15) is 0 Å². The Hall–Kier alpha value is -1.46. The first-order valence-corrected chi connectivity index (χ1v) is 5.77. The fourth-order valence-electron chi connectivity index (χ4n) is 2.07. The van der Waals surface area contributed by atoms with Crippen molar-refractivity contribution in [3.05, 3.63) is 29.8 Å². The third-order valence-corrected chi connectivity index (χ3v) is 2.91. The molecule has 0 spiro atoms. The predicted octanol–water partition coefficient (Wildman–Crippen LogP) is 2.01. The Morgan fingerprint density at radius 2 is 2.25 bits per heavy atom. The van der Waals surface area contributed by atoms with E-state index in [0.29, 0.717) is 6.04 Å². The summed E-state index contributed by atoms with van der Waals surface area (Å²) in [5.74, 6) is 6.12. The van der Waals surface area contributed by atoms with Crippen LogP contribution in [0.3, 0.4) is 0 Å². The summed E-state index contributed by atoms with van der Waals surface area (Å²) in [5.41, 5.74) is 2.69. The standard InChI is InChI=1S/C14H18N2/c1-3-4-9-16-11-12(2)15-10-13-7-5-6-8-14(13)16/h5-8,12,15H,9-11H2,1-2H3. The Balaban J connectivity index is 2.29. The van der Waals surface area contributed by atoms with Crippen LogP contribution >= 0.6 is 0 Å². The van der Waals surface area contributed by atoms with Gasteiger partial charge in [-0.25, -0.2) is 0 Å². The molecule has 0 saturated heterocycles. The van der Waals surface area contributed by atoms with E-state index < -0.39 is 0 Å². The lowest BCUT2D eigenvalue weighted by molar-refractivity contribution is 0.559. The first-order valence-electron chi connectivity index (χ1n) is 5.77. The van der Waals surface area contributed by atoms with Gasteiger partial charge in [0.25, 0.3) is 0 Å². The van der Waals surface area contributed by atoms with Crippen molar-refractivity contribution in [1.29, 1.82) is 0 Å². The van der Waals surface area contributed by atoms with Gasteiger partial charge in [-0.05, 0) is 25.5 Å². The lowest BCUT2D eigenvalue weighted by Crippen LogP contribution is -2.36. The van der Waals surface area contributed by atoms with E-state index >= 15 is 0 Å². The number of para-hydroxylation sites is 1. The average molecular weight is 214 g/mol. The van der Waals surface area contributed by atoms with Crippen LogP contribution in [0.4, 0.5) is 5.69 Å². The van der Waals surface area contributed by atoms with Crippen LogP contribution in [0.15, 0.2) is 24.3 Å². The molecule has 1 aliphatic rings. The van der Waals surface area contributed by atoms with E-state index in [1.54, 1.807) is 0 Å². The Bertz CT molecular complexity index is 414. The molecule has 1 aromatic rings. The highest BCUT2D eigenvalue weighted by Crippen LogP contribution is 2.22. The first-order chi connectivity index (χ1) is 7.81. The summed E-state index contributed by atoms with van der Waals surface area (Å²) in [4.78, 5) is 2.36. The second-order valence-electron chi connectivity index (χ2n) is 4.22. The van der Waals surface area contributed by atoms with Crippen molar-refractivity contribution in [3.63, 3.8) is 0 Å². The Morgan fingerprint density at radius 3 is 3.06 bits per heavy atom. The molecule has 1 heterocycles. The quantitative estimate of drug-likeness (QED) is 0.719. The number of benzene rings is 1. The molecule has 0 aromatic heterocycles. The van der Waals surface area contributed by atoms with Crippen LogP contribution in [0.1, 0.15) is 19.4 Å². The van der Waals surface area contributed by atoms with E-state index in [4.69, 9.17) is 0 Å². The number of nitrogens with one attached hydrogen (secondary N) is 1. The van der Waals surface area contributed by atoms with Gasteiger partial charge in [0.05, 0.1) is 6.54 Å². The van der Waals surface area contributed by atoms with E-state index in [0.717, 1.165) is 19.6 Å². The Labute approximate surface area is 97.7 Å². The molecule has 0 bridgehead atoms. The molecule has 1 aliphatic heterocycles. The van der Waals surface area contributed by atoms with Crippen molar-refractivity contribution >= 4 is 5.69 Å². The van der Waals surface area contributed by atoms with Gasteiger partial charge in [-0.3, -0.25) is 0 Å². The molecule has 0 radical (unpaired) electrons. The summed E-state index contributed by atoms with van der Waals surface area (Å²) < 4.78 is 0. The van der Waals surface area contributed by atoms with Crippen molar-refractivity contribution in [1.82, 2.24) is 5.32 Å². The second-order valence-corrected chi connectivity index (χ2v) is 4.22. The summed E-state index contributed by atoms with van der Waals surface area (Å²) in [7, 11) is 0. The van der Waals surface area contributed by atoms with Crippen LogP contribution in [0.5, 0.6) is 0 Å². The highest BCUT2D eigenvalue weighted by Gasteiger charge is 2.17. The maximum absolute atomic E-state index is 3.52. The highest BCUT2D eigenvalue weighted by atomic mass is 15.2. The summed E-state index contributed by atoms with van der Waals surface area (Å²) >= 11 is 0. The molecule has 1 N–H and O–H groups in total. The van der Waals surface area contributed by atoms with Gasteiger partial charge in [0, 0.05) is 24.8 Å². The molecule has 0 fully saturated rings. The fourth-order valence-corrected chi connectivity index (χ4v) is 2.07. The van der Waals surface area contributed by atoms with E-state index in [9.17, 15) is 0 Å². The molecular formula is C14H18N2. The number of fused-ring (bicyclic) bond motifs is 1. The minimum absolute atomic E-state index is 0.506. The van der Waals surface area contributed by atoms with Gasteiger partial charge in [0.15, 0.2) is 0 Å². The number of nitrogens with zero attached hydrogens (tertiary/aromatic N) is 1. The van der Waals surface area contributed by atoms with Crippen LogP contribution in [0.25, 0.3) is 0 Å². The van der Waals surface area contributed by atoms with Gasteiger partial charge in [0.2, 0.25) is 0 Å². The lowest BCUT2D eigenvalue weighted by atomic mass is 10.1. The fraction of sp³-hybridized carbons (Fsp3) is 0.429. The van der Waals surface area contributed by atoms with Crippen LogP contribution in [-0.2, 0) is 6.54 Å². The maximum atomic E-state index is 3.52. The largest absolute Gasteiger partial charge is 0.359 e. The molecule has 2 nitrogen and oxygen atoms in total. The van der Waals surface area contributed by atoms with E-state index in [1.165, 1.54) is 11.3 Å². The van der Waals surface area contributed by atoms with Crippen LogP contribution in [-0.4, -0.2) is 19.1 Å². The zero-order chi connectivity index (χ0) is 11.4. The third-order valence-electron chi connectivity index (χ3n) is 2.91. The van der Waals surface area contributed by atoms with Gasteiger partial charge in [-0.1, -0.05) is 24.1 Å². The molecule has 16 heavy (non-hydrogen) atoms. The number of anilines is 1. The average Bonchev–Trinajstić information content (AvgIpc) is 2.47. The van der Waals surface area contributed by atoms with Crippen molar-refractivity contribution < 1.29 is 0 Å². The van der Waals surface area contributed by atoms with Crippen LogP contribution in [0.2, 0.25) is 0 Å².